The van der Waals surface area contributed by atoms with Crippen molar-refractivity contribution in [1.29, 1.82) is 0 Å². The molecule has 2 heterocycles. The quantitative estimate of drug-likeness (QED) is 0.699. The number of benzene rings is 3. The Hall–Kier alpha value is -3.18. The van der Waals surface area contributed by atoms with Gasteiger partial charge in [0.15, 0.2) is 0 Å². The molecule has 29 heavy (non-hydrogen) atoms. The summed E-state index contributed by atoms with van der Waals surface area (Å²) in [6.07, 6.45) is 1.58. The van der Waals surface area contributed by atoms with E-state index in [1.165, 1.54) is 5.56 Å². The van der Waals surface area contributed by atoms with Crippen molar-refractivity contribution in [3.05, 3.63) is 76.9 Å². The van der Waals surface area contributed by atoms with Crippen LogP contribution in [0.3, 0.4) is 0 Å². The smallest absolute Gasteiger partial charge is 0.259 e. The molecule has 0 aliphatic carbocycles. The number of carbonyl (C=O) groups is 2. The fraction of sp³-hybridized carbons (Fsp3) is 0.250. The molecule has 1 fully saturated rings. The van der Waals surface area contributed by atoms with E-state index < -0.39 is 0 Å². The molecule has 2 aliphatic rings. The Morgan fingerprint density at radius 1 is 0.897 bits per heavy atom. The maximum Gasteiger partial charge on any atom is 0.259 e. The van der Waals surface area contributed by atoms with E-state index in [4.69, 9.17) is 4.74 Å². The number of aryl methyl sites for hydroxylation is 2. The summed E-state index contributed by atoms with van der Waals surface area (Å²) in [4.78, 5) is 27.6. The number of ether oxygens (including phenoxy) is 1. The molecule has 0 saturated carbocycles. The minimum atomic E-state index is -0.318. The van der Waals surface area contributed by atoms with Gasteiger partial charge in [0.1, 0.15) is 0 Å². The zero-order valence-electron chi connectivity index (χ0n) is 16.1. The molecule has 0 aromatic heterocycles. The third-order valence-electron chi connectivity index (χ3n) is 5.80. The number of hydrogen-bond acceptors (Lipinski definition) is 4. The Kier molecular flexibility index (Phi) is 4.52. The molecule has 0 spiro atoms. The summed E-state index contributed by atoms with van der Waals surface area (Å²) in [6, 6.07) is 18.1. The average molecular weight is 386 g/mol. The van der Waals surface area contributed by atoms with E-state index in [9.17, 15) is 9.59 Å². The molecule has 3 aromatic carbocycles. The lowest BCUT2D eigenvalue weighted by atomic mass is 9.88. The van der Waals surface area contributed by atoms with Gasteiger partial charge in [-0.25, -0.2) is 0 Å². The molecular weight excluding hydrogens is 364 g/mol. The second-order valence-electron chi connectivity index (χ2n) is 7.53. The van der Waals surface area contributed by atoms with E-state index in [0.717, 1.165) is 48.0 Å². The first-order chi connectivity index (χ1) is 14.2. The Morgan fingerprint density at radius 3 is 2.48 bits per heavy atom. The lowest BCUT2D eigenvalue weighted by molar-refractivity contribution is 0.0844. The molecule has 1 saturated heterocycles. The molecule has 0 bridgehead atoms. The van der Waals surface area contributed by atoms with Crippen LogP contribution in [0, 0.1) is 0 Å². The predicted octanol–water partition coefficient (Wildman–Crippen LogP) is 3.35. The fourth-order valence-electron chi connectivity index (χ4n) is 4.38. The van der Waals surface area contributed by atoms with Crippen LogP contribution in [-0.4, -0.2) is 38.1 Å². The van der Waals surface area contributed by atoms with Crippen molar-refractivity contribution in [1.82, 2.24) is 5.32 Å². The molecule has 2 aliphatic heterocycles. The first-order valence-corrected chi connectivity index (χ1v) is 10.0. The monoisotopic (exact) mass is 386 g/mol. The topological polar surface area (TPSA) is 58.6 Å². The van der Waals surface area contributed by atoms with Crippen molar-refractivity contribution in [2.45, 2.75) is 12.8 Å². The largest absolute Gasteiger partial charge is 0.378 e. The summed E-state index contributed by atoms with van der Waals surface area (Å²) in [7, 11) is 0. The van der Waals surface area contributed by atoms with Crippen LogP contribution in [0.2, 0.25) is 0 Å². The molecular formula is C24H22N2O3. The summed E-state index contributed by atoms with van der Waals surface area (Å²) in [6.45, 7) is 2.97. The molecule has 5 rings (SSSR count). The fourth-order valence-corrected chi connectivity index (χ4v) is 4.38. The van der Waals surface area contributed by atoms with Gasteiger partial charge in [-0.2, -0.15) is 0 Å². The van der Waals surface area contributed by atoms with Crippen LogP contribution in [0.1, 0.15) is 31.8 Å². The third-order valence-corrected chi connectivity index (χ3v) is 5.80. The van der Waals surface area contributed by atoms with E-state index in [1.807, 2.05) is 30.3 Å². The summed E-state index contributed by atoms with van der Waals surface area (Å²) >= 11 is 0. The van der Waals surface area contributed by atoms with E-state index >= 15 is 0 Å². The number of hydrogen-bond donors (Lipinski definition) is 1. The van der Waals surface area contributed by atoms with E-state index in [2.05, 4.69) is 28.4 Å². The summed E-state index contributed by atoms with van der Waals surface area (Å²) in [5.74, 6) is -0.614. The first-order valence-electron chi connectivity index (χ1n) is 10.0. The van der Waals surface area contributed by atoms with E-state index in [-0.39, 0.29) is 11.8 Å². The van der Waals surface area contributed by atoms with Gasteiger partial charge in [0.2, 0.25) is 0 Å². The molecule has 5 heteroatoms. The van der Waals surface area contributed by atoms with Crippen molar-refractivity contribution in [2.75, 3.05) is 31.2 Å². The van der Waals surface area contributed by atoms with Crippen LogP contribution < -0.4 is 10.2 Å². The van der Waals surface area contributed by atoms with Gasteiger partial charge in [0.05, 0.1) is 18.8 Å². The first kappa shape index (κ1) is 17.9. The van der Waals surface area contributed by atoms with Crippen LogP contribution in [0.25, 0.3) is 10.8 Å². The minimum absolute atomic E-state index is 0.296. The van der Waals surface area contributed by atoms with Gasteiger partial charge >= 0.3 is 0 Å². The number of amides is 2. The lowest BCUT2D eigenvalue weighted by Crippen LogP contribution is -2.38. The highest BCUT2D eigenvalue weighted by atomic mass is 16.5. The minimum Gasteiger partial charge on any atom is -0.378 e. The zero-order chi connectivity index (χ0) is 19.8. The van der Waals surface area contributed by atoms with Gasteiger partial charge in [-0.1, -0.05) is 42.5 Å². The van der Waals surface area contributed by atoms with Gasteiger partial charge < -0.3 is 9.64 Å². The Morgan fingerprint density at radius 2 is 1.69 bits per heavy atom. The van der Waals surface area contributed by atoms with Crippen molar-refractivity contribution in [3.8, 4) is 0 Å². The second kappa shape index (κ2) is 7.33. The maximum atomic E-state index is 12.8. The van der Waals surface area contributed by atoms with Crippen LogP contribution in [-0.2, 0) is 17.6 Å². The second-order valence-corrected chi connectivity index (χ2v) is 7.53. The van der Waals surface area contributed by atoms with Crippen LogP contribution >= 0.6 is 0 Å². The summed E-state index contributed by atoms with van der Waals surface area (Å²) < 4.78 is 5.52. The highest BCUT2D eigenvalue weighted by Crippen LogP contribution is 2.37. The SMILES string of the molecule is O=C1NC(=O)c2c(CCc3ccccc3)cc(N3CCOCC3)c3cccc1c23. The van der Waals surface area contributed by atoms with Gasteiger partial charge in [0, 0.05) is 35.1 Å². The Labute approximate surface area is 169 Å². The molecule has 0 atom stereocenters. The summed E-state index contributed by atoms with van der Waals surface area (Å²) in [5.41, 5.74) is 4.52. The van der Waals surface area contributed by atoms with E-state index in [0.29, 0.717) is 24.3 Å². The molecule has 146 valence electrons. The molecule has 1 N–H and O–H groups in total. The third kappa shape index (κ3) is 3.17. The highest BCUT2D eigenvalue weighted by molar-refractivity contribution is 6.27. The Balaban J connectivity index is 1.68. The van der Waals surface area contributed by atoms with Crippen molar-refractivity contribution < 1.29 is 14.3 Å². The van der Waals surface area contributed by atoms with Gasteiger partial charge in [-0.05, 0) is 36.1 Å². The molecule has 0 radical (unpaired) electrons. The number of nitrogens with zero attached hydrogens (tertiary/aromatic N) is 1. The van der Waals surface area contributed by atoms with Crippen molar-refractivity contribution >= 4 is 28.3 Å². The Bertz CT molecular complexity index is 1100. The maximum absolute atomic E-state index is 12.8. The number of carbonyl (C=O) groups excluding carboxylic acids is 2. The zero-order valence-corrected chi connectivity index (χ0v) is 16.1. The van der Waals surface area contributed by atoms with Crippen molar-refractivity contribution in [3.63, 3.8) is 0 Å². The number of morpholine rings is 1. The lowest BCUT2D eigenvalue weighted by Gasteiger charge is -2.32. The van der Waals surface area contributed by atoms with E-state index in [1.54, 1.807) is 6.07 Å². The average Bonchev–Trinajstić information content (AvgIpc) is 2.77. The predicted molar refractivity (Wildman–Crippen MR) is 113 cm³/mol. The molecule has 0 unspecified atom stereocenters. The normalized spacial score (nSPS) is 16.2. The van der Waals surface area contributed by atoms with Crippen LogP contribution in [0.15, 0.2) is 54.6 Å². The van der Waals surface area contributed by atoms with Crippen LogP contribution in [0.5, 0.6) is 0 Å². The number of rotatable bonds is 4. The highest BCUT2D eigenvalue weighted by Gasteiger charge is 2.29. The molecule has 3 aromatic rings. The standard InChI is InChI=1S/C24H22N2O3/c27-23-19-8-4-7-18-20(26-11-13-29-14-12-26)15-17(21(22(18)19)24(28)25-23)10-9-16-5-2-1-3-6-16/h1-8,15H,9-14H2,(H,25,27,28). The summed E-state index contributed by atoms with van der Waals surface area (Å²) in [5, 5.41) is 4.27. The van der Waals surface area contributed by atoms with Gasteiger partial charge in [0.25, 0.3) is 11.8 Å². The van der Waals surface area contributed by atoms with Gasteiger partial charge in [-0.3, -0.25) is 14.9 Å². The van der Waals surface area contributed by atoms with Crippen molar-refractivity contribution in [2.24, 2.45) is 0 Å². The number of nitrogens with one attached hydrogen (secondary N) is 1. The molecule has 2 amide bonds. The number of anilines is 1. The van der Waals surface area contributed by atoms with Crippen LogP contribution in [0.4, 0.5) is 5.69 Å². The molecule has 5 nitrogen and oxygen atoms in total. The number of imide groups is 1. The van der Waals surface area contributed by atoms with Gasteiger partial charge in [-0.15, -0.1) is 0 Å².